The highest BCUT2D eigenvalue weighted by atomic mass is 35.5. The molecule has 0 radical (unpaired) electrons. The number of nitrogens with zero attached hydrogens (tertiary/aromatic N) is 3. The average molecular weight is 500 g/mol. The fraction of sp³-hybridized carbons (Fsp3) is 0.519. The molecule has 0 saturated carbocycles. The smallest absolute Gasteiger partial charge is 0.271 e. The van der Waals surface area contributed by atoms with Crippen LogP contribution in [0.25, 0.3) is 0 Å². The molecule has 1 aliphatic rings. The Morgan fingerprint density at radius 3 is 2.71 bits per heavy atom. The summed E-state index contributed by atoms with van der Waals surface area (Å²) in [6.45, 7) is 9.13. The summed E-state index contributed by atoms with van der Waals surface area (Å²) in [6.07, 6.45) is 8.29. The van der Waals surface area contributed by atoms with E-state index in [0.29, 0.717) is 24.6 Å². The van der Waals surface area contributed by atoms with Crippen molar-refractivity contribution in [2.24, 2.45) is 5.92 Å². The van der Waals surface area contributed by atoms with E-state index in [1.54, 1.807) is 10.6 Å². The second-order valence-electron chi connectivity index (χ2n) is 9.07. The van der Waals surface area contributed by atoms with Gasteiger partial charge in [0.1, 0.15) is 0 Å². The number of carbonyl (C=O) groups is 2. The SMILES string of the molecule is C=CCn1c(Cl)nc(NCCCCC)c1C(=O)NCCCCN1CCC(Cc2ccccc2)C1=O. The summed E-state index contributed by atoms with van der Waals surface area (Å²) < 4.78 is 1.67. The first kappa shape index (κ1) is 26.8. The van der Waals surface area contributed by atoms with Gasteiger partial charge in [-0.2, -0.15) is 4.98 Å². The highest BCUT2D eigenvalue weighted by Crippen LogP contribution is 2.23. The molecule has 1 saturated heterocycles. The van der Waals surface area contributed by atoms with Gasteiger partial charge < -0.3 is 20.1 Å². The molecule has 35 heavy (non-hydrogen) atoms. The molecule has 0 aliphatic carbocycles. The van der Waals surface area contributed by atoms with Crippen molar-refractivity contribution >= 4 is 29.2 Å². The lowest BCUT2D eigenvalue weighted by molar-refractivity contribution is -0.131. The van der Waals surface area contributed by atoms with Crippen LogP contribution in [0.3, 0.4) is 0 Å². The summed E-state index contributed by atoms with van der Waals surface area (Å²) in [6, 6.07) is 10.2. The van der Waals surface area contributed by atoms with E-state index in [1.807, 2.05) is 23.1 Å². The minimum atomic E-state index is -0.204. The van der Waals surface area contributed by atoms with Crippen LogP contribution in [0.5, 0.6) is 0 Å². The maximum atomic E-state index is 13.0. The molecule has 1 unspecified atom stereocenters. The highest BCUT2D eigenvalue weighted by Gasteiger charge is 2.31. The third-order valence-corrected chi connectivity index (χ3v) is 6.68. The molecule has 2 amide bonds. The minimum Gasteiger partial charge on any atom is -0.368 e. The third kappa shape index (κ3) is 7.59. The number of benzene rings is 1. The first-order valence-corrected chi connectivity index (χ1v) is 13.1. The molecule has 2 heterocycles. The Morgan fingerprint density at radius 2 is 1.97 bits per heavy atom. The summed E-state index contributed by atoms with van der Waals surface area (Å²) in [5.41, 5.74) is 1.65. The van der Waals surface area contributed by atoms with E-state index in [0.717, 1.165) is 64.6 Å². The predicted octanol–water partition coefficient (Wildman–Crippen LogP) is 4.93. The molecule has 1 atom stereocenters. The molecular weight excluding hydrogens is 462 g/mol. The van der Waals surface area contributed by atoms with Crippen molar-refractivity contribution in [2.45, 2.75) is 58.4 Å². The summed E-state index contributed by atoms with van der Waals surface area (Å²) in [5, 5.41) is 6.52. The lowest BCUT2D eigenvalue weighted by atomic mass is 9.98. The summed E-state index contributed by atoms with van der Waals surface area (Å²) in [7, 11) is 0. The van der Waals surface area contributed by atoms with E-state index in [1.165, 1.54) is 5.56 Å². The van der Waals surface area contributed by atoms with Crippen molar-refractivity contribution < 1.29 is 9.59 Å². The van der Waals surface area contributed by atoms with Crippen molar-refractivity contribution in [3.8, 4) is 0 Å². The van der Waals surface area contributed by atoms with Gasteiger partial charge in [-0.3, -0.25) is 9.59 Å². The van der Waals surface area contributed by atoms with Gasteiger partial charge in [0, 0.05) is 38.6 Å². The molecule has 8 heteroatoms. The van der Waals surface area contributed by atoms with Gasteiger partial charge in [-0.25, -0.2) is 0 Å². The second-order valence-corrected chi connectivity index (χ2v) is 9.41. The monoisotopic (exact) mass is 499 g/mol. The quantitative estimate of drug-likeness (QED) is 0.269. The number of hydrogen-bond donors (Lipinski definition) is 2. The van der Waals surface area contributed by atoms with E-state index in [2.05, 4.69) is 41.3 Å². The molecular formula is C27H38ClN5O2. The van der Waals surface area contributed by atoms with E-state index in [9.17, 15) is 9.59 Å². The number of halogens is 1. The number of carbonyl (C=O) groups excluding carboxylic acids is 2. The fourth-order valence-electron chi connectivity index (χ4n) is 4.48. The number of rotatable bonds is 15. The fourth-order valence-corrected chi connectivity index (χ4v) is 4.72. The number of anilines is 1. The molecule has 2 N–H and O–H groups in total. The zero-order valence-corrected chi connectivity index (χ0v) is 21.5. The van der Waals surface area contributed by atoms with E-state index < -0.39 is 0 Å². The normalized spacial score (nSPS) is 15.4. The van der Waals surface area contributed by atoms with Crippen LogP contribution in [0, 0.1) is 5.92 Å². The lowest BCUT2D eigenvalue weighted by Gasteiger charge is -2.17. The number of likely N-dealkylation sites (tertiary alicyclic amines) is 1. The zero-order chi connectivity index (χ0) is 25.0. The van der Waals surface area contributed by atoms with Crippen LogP contribution < -0.4 is 10.6 Å². The van der Waals surface area contributed by atoms with Crippen LogP contribution in [0.15, 0.2) is 43.0 Å². The van der Waals surface area contributed by atoms with Gasteiger partial charge in [0.15, 0.2) is 11.5 Å². The maximum Gasteiger partial charge on any atom is 0.271 e. The van der Waals surface area contributed by atoms with Gasteiger partial charge in [0.2, 0.25) is 11.2 Å². The Kier molecular flexibility index (Phi) is 10.7. The van der Waals surface area contributed by atoms with Crippen LogP contribution in [0.1, 0.15) is 61.5 Å². The van der Waals surface area contributed by atoms with Gasteiger partial charge in [0.05, 0.1) is 0 Å². The number of imidazole rings is 1. The predicted molar refractivity (Wildman–Crippen MR) is 142 cm³/mol. The first-order chi connectivity index (χ1) is 17.0. The van der Waals surface area contributed by atoms with E-state index in [-0.39, 0.29) is 23.0 Å². The Morgan fingerprint density at radius 1 is 1.20 bits per heavy atom. The Hall–Kier alpha value is -2.80. The van der Waals surface area contributed by atoms with Crippen molar-refractivity contribution in [2.75, 3.05) is 31.5 Å². The first-order valence-electron chi connectivity index (χ1n) is 12.8. The van der Waals surface area contributed by atoms with Gasteiger partial charge >= 0.3 is 0 Å². The third-order valence-electron chi connectivity index (χ3n) is 6.39. The van der Waals surface area contributed by atoms with Crippen LogP contribution in [0.2, 0.25) is 5.28 Å². The lowest BCUT2D eigenvalue weighted by Crippen LogP contribution is -2.31. The number of amides is 2. The number of allylic oxidation sites excluding steroid dienone is 1. The molecule has 0 spiro atoms. The van der Waals surface area contributed by atoms with Crippen LogP contribution in [-0.2, 0) is 17.8 Å². The topological polar surface area (TPSA) is 79.3 Å². The summed E-state index contributed by atoms with van der Waals surface area (Å²) in [4.78, 5) is 32.1. The largest absolute Gasteiger partial charge is 0.368 e. The molecule has 7 nitrogen and oxygen atoms in total. The van der Waals surface area contributed by atoms with Crippen LogP contribution in [0.4, 0.5) is 5.82 Å². The number of nitrogens with one attached hydrogen (secondary N) is 2. The Labute approximate surface area is 213 Å². The summed E-state index contributed by atoms with van der Waals surface area (Å²) >= 11 is 6.29. The van der Waals surface area contributed by atoms with E-state index >= 15 is 0 Å². The summed E-state index contributed by atoms with van der Waals surface area (Å²) in [5.74, 6) is 0.636. The minimum absolute atomic E-state index is 0.0789. The van der Waals surface area contributed by atoms with Crippen LogP contribution in [-0.4, -0.2) is 52.4 Å². The Balaban J connectivity index is 1.44. The van der Waals surface area contributed by atoms with Gasteiger partial charge in [-0.05, 0) is 49.3 Å². The number of unbranched alkanes of at least 4 members (excludes halogenated alkanes) is 3. The highest BCUT2D eigenvalue weighted by molar-refractivity contribution is 6.29. The molecule has 0 bridgehead atoms. The molecule has 2 aromatic rings. The molecule has 190 valence electrons. The van der Waals surface area contributed by atoms with Crippen molar-refractivity contribution in [1.82, 2.24) is 19.8 Å². The molecule has 1 aliphatic heterocycles. The number of hydrogen-bond acceptors (Lipinski definition) is 4. The van der Waals surface area contributed by atoms with Crippen molar-refractivity contribution in [3.05, 3.63) is 59.5 Å². The average Bonchev–Trinajstić information content (AvgIpc) is 3.36. The standard InChI is InChI=1S/C27H38ClN5O2/c1-3-5-9-15-29-24-23(33(17-4-2)27(28)31-24)25(34)30-16-10-11-18-32-19-14-22(26(32)35)20-21-12-7-6-8-13-21/h4,6-8,12-13,22,29H,2-3,5,9-11,14-20H2,1H3,(H,30,34). The molecule has 3 rings (SSSR count). The molecule has 1 aromatic heterocycles. The van der Waals surface area contributed by atoms with Crippen molar-refractivity contribution in [3.63, 3.8) is 0 Å². The molecule has 1 fully saturated rings. The van der Waals surface area contributed by atoms with E-state index in [4.69, 9.17) is 11.6 Å². The zero-order valence-electron chi connectivity index (χ0n) is 20.8. The van der Waals surface area contributed by atoms with Gasteiger partial charge in [-0.15, -0.1) is 6.58 Å². The van der Waals surface area contributed by atoms with Gasteiger partial charge in [-0.1, -0.05) is 56.2 Å². The number of aromatic nitrogens is 2. The Bertz CT molecular complexity index is 975. The molecule has 1 aromatic carbocycles. The van der Waals surface area contributed by atoms with Gasteiger partial charge in [0.25, 0.3) is 5.91 Å². The van der Waals surface area contributed by atoms with Crippen LogP contribution >= 0.6 is 11.6 Å². The van der Waals surface area contributed by atoms with Crippen molar-refractivity contribution in [1.29, 1.82) is 0 Å². The maximum absolute atomic E-state index is 13.0. The second kappa shape index (κ2) is 13.9.